The third-order valence-electron chi connectivity index (χ3n) is 3.94. The van der Waals surface area contributed by atoms with Gasteiger partial charge in [-0.1, -0.05) is 35.5 Å². The number of sulfonamides is 1. The van der Waals surface area contributed by atoms with E-state index in [2.05, 4.69) is 15.0 Å². The number of esters is 1. The number of Topliss-reactive ketones (excluding diaryl/α,β-unsaturated/α-hetero) is 1. The number of aromatic nitrogens is 3. The van der Waals surface area contributed by atoms with Crippen molar-refractivity contribution < 1.29 is 22.7 Å². The SMILES string of the molecule is CS(=O)(=O)NCCc1ccc(C(=O)COC(=O)c2cn(Cc3ccccc3)nn2)s1. The highest BCUT2D eigenvalue weighted by atomic mass is 32.2. The molecule has 0 aliphatic rings. The molecule has 0 radical (unpaired) electrons. The Kier molecular flexibility index (Phi) is 7.08. The van der Waals surface area contributed by atoms with Crippen LogP contribution in [0.1, 0.15) is 30.6 Å². The van der Waals surface area contributed by atoms with Crippen LogP contribution >= 0.6 is 11.3 Å². The lowest BCUT2D eigenvalue weighted by Crippen LogP contribution is -2.24. The van der Waals surface area contributed by atoms with Crippen LogP contribution in [0.5, 0.6) is 0 Å². The third-order valence-corrected chi connectivity index (χ3v) is 5.86. The van der Waals surface area contributed by atoms with Gasteiger partial charge in [-0.3, -0.25) is 4.79 Å². The summed E-state index contributed by atoms with van der Waals surface area (Å²) in [4.78, 5) is 25.7. The van der Waals surface area contributed by atoms with Crippen molar-refractivity contribution >= 4 is 33.1 Å². The van der Waals surface area contributed by atoms with Crippen molar-refractivity contribution in [1.29, 1.82) is 0 Å². The predicted molar refractivity (Wildman–Crippen MR) is 111 cm³/mol. The van der Waals surface area contributed by atoms with E-state index < -0.39 is 22.6 Å². The van der Waals surface area contributed by atoms with Gasteiger partial charge in [-0.25, -0.2) is 22.6 Å². The van der Waals surface area contributed by atoms with Crippen LogP contribution < -0.4 is 4.72 Å². The molecule has 9 nitrogen and oxygen atoms in total. The van der Waals surface area contributed by atoms with E-state index in [-0.39, 0.29) is 18.0 Å². The molecule has 30 heavy (non-hydrogen) atoms. The van der Waals surface area contributed by atoms with Gasteiger partial charge in [-0.05, 0) is 24.1 Å². The molecular weight excluding hydrogens is 428 g/mol. The molecule has 0 unspecified atom stereocenters. The molecule has 3 rings (SSSR count). The molecule has 0 atom stereocenters. The van der Waals surface area contributed by atoms with Gasteiger partial charge in [-0.2, -0.15) is 0 Å². The summed E-state index contributed by atoms with van der Waals surface area (Å²) in [5.41, 5.74) is 1.04. The molecule has 0 amide bonds. The van der Waals surface area contributed by atoms with Crippen molar-refractivity contribution in [2.75, 3.05) is 19.4 Å². The zero-order valence-electron chi connectivity index (χ0n) is 16.1. The summed E-state index contributed by atoms with van der Waals surface area (Å²) < 4.78 is 31.1. The minimum Gasteiger partial charge on any atom is -0.452 e. The topological polar surface area (TPSA) is 120 Å². The van der Waals surface area contributed by atoms with Crippen molar-refractivity contribution in [3.05, 3.63) is 69.7 Å². The normalized spacial score (nSPS) is 11.4. The number of hydrogen-bond acceptors (Lipinski definition) is 8. The van der Waals surface area contributed by atoms with Crippen molar-refractivity contribution in [2.45, 2.75) is 13.0 Å². The van der Waals surface area contributed by atoms with E-state index in [0.717, 1.165) is 16.7 Å². The molecule has 0 saturated carbocycles. The molecule has 1 N–H and O–H groups in total. The molecular formula is C19H20N4O5S2. The van der Waals surface area contributed by atoms with Gasteiger partial charge in [0.25, 0.3) is 0 Å². The molecule has 3 aromatic rings. The van der Waals surface area contributed by atoms with Crippen LogP contribution in [0.15, 0.2) is 48.7 Å². The Morgan fingerprint density at radius 3 is 2.67 bits per heavy atom. The standard InChI is InChI=1S/C19H20N4O5S2/c1-30(26,27)20-10-9-15-7-8-18(29-15)17(24)13-28-19(25)16-12-23(22-21-16)11-14-5-3-2-4-6-14/h2-8,12,20H,9-11,13H2,1H3. The number of nitrogens with zero attached hydrogens (tertiary/aromatic N) is 3. The fourth-order valence-electron chi connectivity index (χ4n) is 2.54. The summed E-state index contributed by atoms with van der Waals surface area (Å²) >= 11 is 1.24. The molecule has 11 heteroatoms. The zero-order valence-corrected chi connectivity index (χ0v) is 17.8. The van der Waals surface area contributed by atoms with Gasteiger partial charge >= 0.3 is 5.97 Å². The van der Waals surface area contributed by atoms with Crippen LogP contribution in [0, 0.1) is 0 Å². The molecule has 158 valence electrons. The Hall–Kier alpha value is -2.89. The van der Waals surface area contributed by atoms with Crippen LogP contribution in [0.25, 0.3) is 0 Å². The molecule has 0 aliphatic heterocycles. The maximum atomic E-state index is 12.3. The fourth-order valence-corrected chi connectivity index (χ4v) is 3.94. The van der Waals surface area contributed by atoms with Crippen LogP contribution in [-0.4, -0.2) is 54.6 Å². The molecule has 0 fully saturated rings. The second kappa shape index (κ2) is 9.74. The fraction of sp³-hybridized carbons (Fsp3) is 0.263. The lowest BCUT2D eigenvalue weighted by molar-refractivity contribution is 0.0470. The number of rotatable bonds is 10. The second-order valence-corrected chi connectivity index (χ2v) is 9.47. The van der Waals surface area contributed by atoms with Crippen molar-refractivity contribution in [2.24, 2.45) is 0 Å². The largest absolute Gasteiger partial charge is 0.452 e. The summed E-state index contributed by atoms with van der Waals surface area (Å²) in [5.74, 6) is -1.07. The van der Waals surface area contributed by atoms with E-state index in [4.69, 9.17) is 4.74 Å². The molecule has 2 heterocycles. The van der Waals surface area contributed by atoms with E-state index in [1.807, 2.05) is 30.3 Å². The van der Waals surface area contributed by atoms with Crippen LogP contribution in [0.4, 0.5) is 0 Å². The molecule has 1 aromatic carbocycles. The van der Waals surface area contributed by atoms with Gasteiger partial charge in [0.1, 0.15) is 0 Å². The summed E-state index contributed by atoms with van der Waals surface area (Å²) in [5, 5.41) is 7.70. The van der Waals surface area contributed by atoms with E-state index in [0.29, 0.717) is 17.8 Å². The minimum absolute atomic E-state index is 0.0254. The number of nitrogens with one attached hydrogen (secondary N) is 1. The quantitative estimate of drug-likeness (QED) is 0.369. The first-order valence-electron chi connectivity index (χ1n) is 8.98. The Bertz CT molecular complexity index is 1120. The van der Waals surface area contributed by atoms with Gasteiger partial charge in [0.2, 0.25) is 15.8 Å². The second-order valence-electron chi connectivity index (χ2n) is 6.47. The van der Waals surface area contributed by atoms with Gasteiger partial charge < -0.3 is 4.74 Å². The van der Waals surface area contributed by atoms with E-state index in [9.17, 15) is 18.0 Å². The molecule has 0 bridgehead atoms. The first-order valence-corrected chi connectivity index (χ1v) is 11.7. The molecule has 0 saturated heterocycles. The first-order chi connectivity index (χ1) is 14.3. The number of hydrogen-bond donors (Lipinski definition) is 1. The van der Waals surface area contributed by atoms with Gasteiger partial charge in [0.15, 0.2) is 12.3 Å². The number of thiophene rings is 1. The Morgan fingerprint density at radius 2 is 1.93 bits per heavy atom. The molecule has 0 aliphatic carbocycles. The monoisotopic (exact) mass is 448 g/mol. The van der Waals surface area contributed by atoms with Gasteiger partial charge in [0.05, 0.1) is 23.9 Å². The Labute approximate surface area is 177 Å². The summed E-state index contributed by atoms with van der Waals surface area (Å²) in [6.45, 7) is 0.304. The maximum absolute atomic E-state index is 12.3. The van der Waals surface area contributed by atoms with Crippen LogP contribution in [0.3, 0.4) is 0 Å². The predicted octanol–water partition coefficient (Wildman–Crippen LogP) is 1.52. The van der Waals surface area contributed by atoms with Crippen LogP contribution in [-0.2, 0) is 27.7 Å². The lowest BCUT2D eigenvalue weighted by Gasteiger charge is -2.01. The number of ether oxygens (including phenoxy) is 1. The van der Waals surface area contributed by atoms with Gasteiger partial charge in [0, 0.05) is 11.4 Å². The van der Waals surface area contributed by atoms with E-state index >= 15 is 0 Å². The number of carbonyl (C=O) groups is 2. The smallest absolute Gasteiger partial charge is 0.360 e. The molecule has 2 aromatic heterocycles. The first kappa shape index (κ1) is 21.8. The summed E-state index contributed by atoms with van der Waals surface area (Å²) in [7, 11) is -3.25. The van der Waals surface area contributed by atoms with Crippen molar-refractivity contribution in [3.8, 4) is 0 Å². The third kappa shape index (κ3) is 6.58. The van der Waals surface area contributed by atoms with Crippen molar-refractivity contribution in [3.63, 3.8) is 0 Å². The van der Waals surface area contributed by atoms with E-state index in [1.165, 1.54) is 22.2 Å². The highest BCUT2D eigenvalue weighted by Gasteiger charge is 2.16. The highest BCUT2D eigenvalue weighted by molar-refractivity contribution is 7.88. The average Bonchev–Trinajstić information content (AvgIpc) is 3.35. The Morgan fingerprint density at radius 1 is 1.17 bits per heavy atom. The summed E-state index contributed by atoms with van der Waals surface area (Å²) in [6.07, 6.45) is 3.03. The number of benzene rings is 1. The summed E-state index contributed by atoms with van der Waals surface area (Å²) in [6, 6.07) is 13.0. The van der Waals surface area contributed by atoms with Gasteiger partial charge in [-0.15, -0.1) is 16.4 Å². The number of carbonyl (C=O) groups excluding carboxylic acids is 2. The van der Waals surface area contributed by atoms with Crippen molar-refractivity contribution in [1.82, 2.24) is 19.7 Å². The average molecular weight is 449 g/mol. The van der Waals surface area contributed by atoms with Crippen LogP contribution in [0.2, 0.25) is 0 Å². The zero-order chi connectivity index (χ0) is 21.6. The highest BCUT2D eigenvalue weighted by Crippen LogP contribution is 2.18. The lowest BCUT2D eigenvalue weighted by atomic mass is 10.2. The number of ketones is 1. The van der Waals surface area contributed by atoms with E-state index in [1.54, 1.807) is 12.1 Å². The Balaban J connectivity index is 1.48. The molecule has 0 spiro atoms. The minimum atomic E-state index is -3.25. The maximum Gasteiger partial charge on any atom is 0.360 e.